The van der Waals surface area contributed by atoms with Crippen molar-refractivity contribution in [1.29, 1.82) is 0 Å². The number of anilines is 2. The normalized spacial score (nSPS) is 16.1. The fourth-order valence-electron chi connectivity index (χ4n) is 3.25. The van der Waals surface area contributed by atoms with Crippen molar-refractivity contribution in [2.45, 2.75) is 39.7 Å². The van der Waals surface area contributed by atoms with Gasteiger partial charge in [0.05, 0.1) is 12.6 Å². The number of aryl methyl sites for hydroxylation is 2. The third-order valence-corrected chi connectivity index (χ3v) is 5.20. The number of nitrogens with zero attached hydrogens (tertiary/aromatic N) is 1. The number of nitrogens with one attached hydrogen (secondary N) is 3. The zero-order chi connectivity index (χ0) is 22.4. The zero-order valence-electron chi connectivity index (χ0n) is 17.9. The van der Waals surface area contributed by atoms with Crippen molar-refractivity contribution in [1.82, 2.24) is 5.32 Å². The van der Waals surface area contributed by atoms with Gasteiger partial charge in [0.15, 0.2) is 0 Å². The summed E-state index contributed by atoms with van der Waals surface area (Å²) >= 11 is 6.05. The van der Waals surface area contributed by atoms with Gasteiger partial charge in [0.25, 0.3) is 5.91 Å². The number of aliphatic imine (C=N–C) groups is 1. The Morgan fingerprint density at radius 2 is 1.90 bits per heavy atom. The molecule has 7 nitrogen and oxygen atoms in total. The van der Waals surface area contributed by atoms with E-state index in [0.29, 0.717) is 28.8 Å². The SMILES string of the molecule is CC(=O)Nc1cc(C(=O)NC(=NC[C@@H]2CCCO2)Nc2ccc(Cl)cc2C)ccc1C. The van der Waals surface area contributed by atoms with Gasteiger partial charge < -0.3 is 15.4 Å². The van der Waals surface area contributed by atoms with Gasteiger partial charge in [0.1, 0.15) is 0 Å². The number of hydrogen-bond acceptors (Lipinski definition) is 4. The molecule has 2 aromatic rings. The number of halogens is 1. The molecule has 8 heteroatoms. The average molecular weight is 443 g/mol. The van der Waals surface area contributed by atoms with Crippen LogP contribution in [-0.4, -0.2) is 37.0 Å². The Morgan fingerprint density at radius 3 is 2.58 bits per heavy atom. The van der Waals surface area contributed by atoms with Gasteiger partial charge >= 0.3 is 0 Å². The maximum Gasteiger partial charge on any atom is 0.258 e. The Balaban J connectivity index is 1.80. The maximum absolute atomic E-state index is 12.9. The minimum Gasteiger partial charge on any atom is -0.376 e. The maximum atomic E-state index is 12.9. The molecule has 0 aromatic heterocycles. The summed E-state index contributed by atoms with van der Waals surface area (Å²) in [5.74, 6) is -0.205. The van der Waals surface area contributed by atoms with E-state index < -0.39 is 0 Å². The standard InChI is InChI=1S/C23H27ClN4O3/c1-14-6-7-17(12-21(14)26-16(3)29)22(30)28-23(25-13-19-5-4-10-31-19)27-20-9-8-18(24)11-15(20)2/h6-9,11-12,19H,4-5,10,13H2,1-3H3,(H,26,29)(H2,25,27,28,30)/t19-/m0/s1. The number of carbonyl (C=O) groups is 2. The third-order valence-electron chi connectivity index (χ3n) is 4.96. The zero-order valence-corrected chi connectivity index (χ0v) is 18.7. The van der Waals surface area contributed by atoms with Gasteiger partial charge in [-0.1, -0.05) is 17.7 Å². The summed E-state index contributed by atoms with van der Waals surface area (Å²) < 4.78 is 5.64. The molecule has 0 saturated carbocycles. The second kappa shape index (κ2) is 10.4. The minimum atomic E-state index is -0.336. The lowest BCUT2D eigenvalue weighted by molar-refractivity contribution is -0.114. The number of carbonyl (C=O) groups excluding carboxylic acids is 2. The fourth-order valence-corrected chi connectivity index (χ4v) is 3.48. The van der Waals surface area contributed by atoms with Crippen molar-refractivity contribution >= 4 is 40.7 Å². The molecule has 1 aliphatic heterocycles. The molecule has 31 heavy (non-hydrogen) atoms. The quantitative estimate of drug-likeness (QED) is 0.475. The van der Waals surface area contributed by atoms with Gasteiger partial charge in [-0.25, -0.2) is 4.99 Å². The van der Waals surface area contributed by atoms with E-state index in [1.54, 1.807) is 24.3 Å². The highest BCUT2D eigenvalue weighted by Crippen LogP contribution is 2.20. The molecule has 1 saturated heterocycles. The Morgan fingerprint density at radius 1 is 1.10 bits per heavy atom. The summed E-state index contributed by atoms with van der Waals surface area (Å²) in [5.41, 5.74) is 3.59. The molecule has 0 unspecified atom stereocenters. The van der Waals surface area contributed by atoms with Crippen LogP contribution in [0.4, 0.5) is 11.4 Å². The summed E-state index contributed by atoms with van der Waals surface area (Å²) in [5, 5.41) is 9.41. The highest BCUT2D eigenvalue weighted by Gasteiger charge is 2.17. The van der Waals surface area contributed by atoms with E-state index in [-0.39, 0.29) is 17.9 Å². The molecule has 164 valence electrons. The van der Waals surface area contributed by atoms with Crippen LogP contribution in [0.15, 0.2) is 41.4 Å². The topological polar surface area (TPSA) is 91.8 Å². The summed E-state index contributed by atoms with van der Waals surface area (Å²) in [6.07, 6.45) is 2.01. The molecule has 1 atom stereocenters. The second-order valence-corrected chi connectivity index (χ2v) is 8.01. The van der Waals surface area contributed by atoms with Gasteiger partial charge in [0.2, 0.25) is 11.9 Å². The molecule has 2 amide bonds. The molecule has 0 bridgehead atoms. The molecule has 2 aromatic carbocycles. The monoisotopic (exact) mass is 442 g/mol. The average Bonchev–Trinajstić information content (AvgIpc) is 3.23. The van der Waals surface area contributed by atoms with Crippen molar-refractivity contribution in [2.75, 3.05) is 23.8 Å². The highest BCUT2D eigenvalue weighted by molar-refractivity contribution is 6.30. The number of benzene rings is 2. The van der Waals surface area contributed by atoms with E-state index in [2.05, 4.69) is 20.9 Å². The molecule has 0 aliphatic carbocycles. The lowest BCUT2D eigenvalue weighted by atomic mass is 10.1. The van der Waals surface area contributed by atoms with Crippen LogP contribution >= 0.6 is 11.6 Å². The summed E-state index contributed by atoms with van der Waals surface area (Å²) in [6, 6.07) is 10.6. The van der Waals surface area contributed by atoms with E-state index in [4.69, 9.17) is 16.3 Å². The molecule has 3 N–H and O–H groups in total. The van der Waals surface area contributed by atoms with Crippen LogP contribution < -0.4 is 16.0 Å². The number of hydrogen-bond donors (Lipinski definition) is 3. The first-order valence-corrected chi connectivity index (χ1v) is 10.6. The van der Waals surface area contributed by atoms with Crippen LogP contribution in [0.1, 0.15) is 41.3 Å². The minimum absolute atomic E-state index is 0.0470. The second-order valence-electron chi connectivity index (χ2n) is 7.57. The summed E-state index contributed by atoms with van der Waals surface area (Å²) in [6.45, 7) is 6.40. The van der Waals surface area contributed by atoms with E-state index in [1.165, 1.54) is 6.92 Å². The first-order chi connectivity index (χ1) is 14.8. The van der Waals surface area contributed by atoms with E-state index in [9.17, 15) is 9.59 Å². The predicted molar refractivity (Wildman–Crippen MR) is 124 cm³/mol. The third kappa shape index (κ3) is 6.54. The molecule has 1 heterocycles. The van der Waals surface area contributed by atoms with Crippen LogP contribution in [-0.2, 0) is 9.53 Å². The summed E-state index contributed by atoms with van der Waals surface area (Å²) in [4.78, 5) is 28.9. The van der Waals surface area contributed by atoms with Crippen LogP contribution in [0.2, 0.25) is 5.02 Å². The Bertz CT molecular complexity index is 1000. The molecule has 1 aliphatic rings. The van der Waals surface area contributed by atoms with Gasteiger partial charge in [-0.2, -0.15) is 0 Å². The van der Waals surface area contributed by atoms with E-state index >= 15 is 0 Å². The molecule has 3 rings (SSSR count). The lowest BCUT2D eigenvalue weighted by Gasteiger charge is -2.15. The van der Waals surface area contributed by atoms with Gasteiger partial charge in [-0.15, -0.1) is 0 Å². The molecular formula is C23H27ClN4O3. The lowest BCUT2D eigenvalue weighted by Crippen LogP contribution is -2.37. The first-order valence-electron chi connectivity index (χ1n) is 10.2. The predicted octanol–water partition coefficient (Wildman–Crippen LogP) is 4.29. The van der Waals surface area contributed by atoms with Crippen molar-refractivity contribution in [3.63, 3.8) is 0 Å². The Hall–Kier alpha value is -2.90. The molecular weight excluding hydrogens is 416 g/mol. The number of ether oxygens (including phenoxy) is 1. The van der Waals surface area contributed by atoms with Gasteiger partial charge in [-0.3, -0.25) is 14.9 Å². The molecule has 0 spiro atoms. The smallest absolute Gasteiger partial charge is 0.258 e. The van der Waals surface area contributed by atoms with Crippen LogP contribution in [0.25, 0.3) is 0 Å². The number of guanidine groups is 1. The highest BCUT2D eigenvalue weighted by atomic mass is 35.5. The number of amides is 2. The van der Waals surface area contributed by atoms with Crippen LogP contribution in [0.3, 0.4) is 0 Å². The summed E-state index contributed by atoms with van der Waals surface area (Å²) in [7, 11) is 0. The van der Waals surface area contributed by atoms with Crippen molar-refractivity contribution in [3.8, 4) is 0 Å². The van der Waals surface area contributed by atoms with E-state index in [1.807, 2.05) is 26.0 Å². The van der Waals surface area contributed by atoms with Crippen molar-refractivity contribution in [2.24, 2.45) is 4.99 Å². The first kappa shape index (κ1) is 22.8. The Labute approximate surface area is 187 Å². The molecule has 1 fully saturated rings. The van der Waals surface area contributed by atoms with Gasteiger partial charge in [-0.05, 0) is 68.1 Å². The van der Waals surface area contributed by atoms with Crippen molar-refractivity contribution < 1.29 is 14.3 Å². The number of rotatable bonds is 5. The Kier molecular flexibility index (Phi) is 7.65. The van der Waals surface area contributed by atoms with Crippen molar-refractivity contribution in [3.05, 3.63) is 58.1 Å². The fraction of sp³-hybridized carbons (Fsp3) is 0.348. The van der Waals surface area contributed by atoms with E-state index in [0.717, 1.165) is 36.3 Å². The van der Waals surface area contributed by atoms with Crippen LogP contribution in [0.5, 0.6) is 0 Å². The van der Waals surface area contributed by atoms with Gasteiger partial charge in [0, 0.05) is 35.5 Å². The molecule has 0 radical (unpaired) electrons. The largest absolute Gasteiger partial charge is 0.376 e. The van der Waals surface area contributed by atoms with Crippen LogP contribution in [0, 0.1) is 13.8 Å².